The van der Waals surface area contributed by atoms with Crippen LogP contribution >= 0.6 is 0 Å². The van der Waals surface area contributed by atoms with Gasteiger partial charge in [-0.1, -0.05) is 0 Å². The van der Waals surface area contributed by atoms with Crippen LogP contribution in [0.2, 0.25) is 0 Å². The van der Waals surface area contributed by atoms with Crippen molar-refractivity contribution in [1.82, 2.24) is 10.6 Å². The molecule has 3 fully saturated rings. The number of benzene rings is 1. The molecule has 1 saturated carbocycles. The Labute approximate surface area is 159 Å². The monoisotopic (exact) mass is 394 g/mol. The highest BCUT2D eigenvalue weighted by atomic mass is 19.1. The summed E-state index contributed by atoms with van der Waals surface area (Å²) in [6.45, 7) is 2.50. The van der Waals surface area contributed by atoms with Gasteiger partial charge in [0.2, 0.25) is 12.3 Å². The molecule has 150 valence electrons. The van der Waals surface area contributed by atoms with Crippen LogP contribution in [-0.2, 0) is 14.3 Å². The fraction of sp³-hybridized carbons (Fsp3) is 0.500. The van der Waals surface area contributed by atoms with Gasteiger partial charge in [-0.15, -0.1) is 0 Å². The molecular weight excluding hydrogens is 374 g/mol. The molecule has 3 amide bonds. The summed E-state index contributed by atoms with van der Waals surface area (Å²) in [5, 5.41) is 5.26. The lowest BCUT2D eigenvalue weighted by Crippen LogP contribution is -2.33. The Bertz CT molecular complexity index is 801. The Morgan fingerprint density at radius 2 is 1.89 bits per heavy atom. The molecule has 0 aromatic heterocycles. The summed E-state index contributed by atoms with van der Waals surface area (Å²) in [5.74, 6) is -1.37. The van der Waals surface area contributed by atoms with Gasteiger partial charge in [-0.2, -0.15) is 0 Å². The SMILES string of the molecule is CC(=O)NC[C@H]1CN(c2cc(F)c(N3C[C@@H]4C(NC=O)[C@@H]4C3)c(F)c2)C(=O)O1. The topological polar surface area (TPSA) is 91.0 Å². The zero-order valence-electron chi connectivity index (χ0n) is 15.2. The number of rotatable bonds is 6. The zero-order chi connectivity index (χ0) is 20.0. The Morgan fingerprint density at radius 3 is 2.46 bits per heavy atom. The van der Waals surface area contributed by atoms with E-state index in [-0.39, 0.29) is 48.2 Å². The van der Waals surface area contributed by atoms with E-state index in [1.165, 1.54) is 6.92 Å². The number of cyclic esters (lactones) is 1. The molecule has 0 radical (unpaired) electrons. The molecular formula is C18H20F2N4O4. The number of anilines is 2. The van der Waals surface area contributed by atoms with Crippen LogP contribution in [0.4, 0.5) is 25.0 Å². The number of fused-ring (bicyclic) bond motifs is 1. The summed E-state index contributed by atoms with van der Waals surface area (Å²) in [7, 11) is 0. The average Bonchev–Trinajstić information content (AvgIpc) is 2.96. The first-order valence-electron chi connectivity index (χ1n) is 9.05. The van der Waals surface area contributed by atoms with Crippen LogP contribution in [0.3, 0.4) is 0 Å². The van der Waals surface area contributed by atoms with E-state index >= 15 is 0 Å². The molecule has 2 N–H and O–H groups in total. The first-order chi connectivity index (χ1) is 13.4. The molecule has 0 bridgehead atoms. The van der Waals surface area contributed by atoms with Crippen molar-refractivity contribution in [3.63, 3.8) is 0 Å². The number of carbonyl (C=O) groups is 3. The molecule has 0 spiro atoms. The molecule has 8 nitrogen and oxygen atoms in total. The Kier molecular flexibility index (Phi) is 4.56. The van der Waals surface area contributed by atoms with Gasteiger partial charge in [-0.25, -0.2) is 13.6 Å². The molecule has 2 aliphatic heterocycles. The summed E-state index contributed by atoms with van der Waals surface area (Å²) in [6.07, 6.45) is -0.653. The van der Waals surface area contributed by atoms with Crippen molar-refractivity contribution in [1.29, 1.82) is 0 Å². The highest BCUT2D eigenvalue weighted by Crippen LogP contribution is 2.47. The molecule has 1 aliphatic carbocycles. The van der Waals surface area contributed by atoms with Gasteiger partial charge < -0.3 is 20.3 Å². The van der Waals surface area contributed by atoms with E-state index in [2.05, 4.69) is 10.6 Å². The van der Waals surface area contributed by atoms with Crippen LogP contribution < -0.4 is 20.4 Å². The van der Waals surface area contributed by atoms with E-state index in [0.717, 1.165) is 17.0 Å². The van der Waals surface area contributed by atoms with Crippen molar-refractivity contribution in [2.75, 3.05) is 36.0 Å². The summed E-state index contributed by atoms with van der Waals surface area (Å²) in [6, 6.07) is 2.32. The molecule has 4 atom stereocenters. The maximum absolute atomic E-state index is 14.7. The summed E-state index contributed by atoms with van der Waals surface area (Å²) >= 11 is 0. The number of halogens is 2. The average molecular weight is 394 g/mol. The highest BCUT2D eigenvalue weighted by Gasteiger charge is 2.56. The quantitative estimate of drug-likeness (QED) is 0.690. The number of carbonyl (C=O) groups excluding carboxylic acids is 3. The Balaban J connectivity index is 1.46. The predicted molar refractivity (Wildman–Crippen MR) is 94.8 cm³/mol. The number of nitrogens with zero attached hydrogens (tertiary/aromatic N) is 2. The molecule has 1 aromatic carbocycles. The second kappa shape index (κ2) is 6.92. The van der Waals surface area contributed by atoms with Gasteiger partial charge in [0.25, 0.3) is 0 Å². The molecule has 4 rings (SSSR count). The second-order valence-corrected chi connectivity index (χ2v) is 7.35. The van der Waals surface area contributed by atoms with Crippen LogP contribution in [0, 0.1) is 23.5 Å². The van der Waals surface area contributed by atoms with Crippen molar-refractivity contribution >= 4 is 29.8 Å². The summed E-state index contributed by atoms with van der Waals surface area (Å²) in [5.41, 5.74) is -0.0536. The van der Waals surface area contributed by atoms with Crippen LogP contribution in [-0.4, -0.2) is 56.7 Å². The minimum Gasteiger partial charge on any atom is -0.442 e. The van der Waals surface area contributed by atoms with Gasteiger partial charge in [-0.05, 0) is 0 Å². The van der Waals surface area contributed by atoms with Crippen molar-refractivity contribution in [2.45, 2.75) is 19.1 Å². The molecule has 3 aliphatic rings. The maximum atomic E-state index is 14.7. The smallest absolute Gasteiger partial charge is 0.414 e. The highest BCUT2D eigenvalue weighted by molar-refractivity contribution is 5.90. The lowest BCUT2D eigenvalue weighted by molar-refractivity contribution is -0.119. The summed E-state index contributed by atoms with van der Waals surface area (Å²) < 4.78 is 34.5. The first-order valence-corrected chi connectivity index (χ1v) is 9.05. The third-order valence-corrected chi connectivity index (χ3v) is 5.54. The molecule has 1 aromatic rings. The number of nitrogens with one attached hydrogen (secondary N) is 2. The number of amides is 3. The molecule has 2 heterocycles. The second-order valence-electron chi connectivity index (χ2n) is 7.35. The Morgan fingerprint density at radius 1 is 1.25 bits per heavy atom. The molecule has 28 heavy (non-hydrogen) atoms. The Hall–Kier alpha value is -2.91. The minimum atomic E-state index is -0.755. The van der Waals surface area contributed by atoms with E-state index < -0.39 is 23.8 Å². The summed E-state index contributed by atoms with van der Waals surface area (Å²) in [4.78, 5) is 36.3. The van der Waals surface area contributed by atoms with Crippen LogP contribution in [0.1, 0.15) is 6.92 Å². The first kappa shape index (κ1) is 18.5. The van der Waals surface area contributed by atoms with E-state index in [1.54, 1.807) is 4.90 Å². The lowest BCUT2D eigenvalue weighted by Gasteiger charge is -2.24. The third kappa shape index (κ3) is 3.23. The van der Waals surface area contributed by atoms with E-state index in [9.17, 15) is 23.2 Å². The number of hydrogen-bond acceptors (Lipinski definition) is 5. The van der Waals surface area contributed by atoms with Crippen LogP contribution in [0.25, 0.3) is 0 Å². The van der Waals surface area contributed by atoms with Crippen molar-refractivity contribution in [3.05, 3.63) is 23.8 Å². The maximum Gasteiger partial charge on any atom is 0.414 e. The van der Waals surface area contributed by atoms with Gasteiger partial charge in [0.05, 0.1) is 18.8 Å². The predicted octanol–water partition coefficient (Wildman–Crippen LogP) is 0.607. The minimum absolute atomic E-state index is 0.0685. The van der Waals surface area contributed by atoms with Crippen LogP contribution in [0.5, 0.6) is 0 Å². The third-order valence-electron chi connectivity index (χ3n) is 5.54. The number of hydrogen-bond donors (Lipinski definition) is 2. The normalized spacial score (nSPS) is 28.0. The van der Waals surface area contributed by atoms with E-state index in [4.69, 9.17) is 4.74 Å². The van der Waals surface area contributed by atoms with Gasteiger partial charge in [0, 0.05) is 50.0 Å². The fourth-order valence-electron chi connectivity index (χ4n) is 4.14. The van der Waals surface area contributed by atoms with Gasteiger partial charge in [0.1, 0.15) is 11.8 Å². The van der Waals surface area contributed by atoms with Gasteiger partial charge >= 0.3 is 6.09 Å². The zero-order valence-corrected chi connectivity index (χ0v) is 15.2. The number of ether oxygens (including phenoxy) is 1. The molecule has 10 heteroatoms. The fourth-order valence-corrected chi connectivity index (χ4v) is 4.14. The lowest BCUT2D eigenvalue weighted by atomic mass is 10.2. The van der Waals surface area contributed by atoms with Crippen LogP contribution in [0.15, 0.2) is 12.1 Å². The number of piperidine rings is 1. The molecule has 1 unspecified atom stereocenters. The molecule has 2 saturated heterocycles. The van der Waals surface area contributed by atoms with Crippen molar-refractivity contribution < 1.29 is 27.9 Å². The van der Waals surface area contributed by atoms with Crippen molar-refractivity contribution in [3.8, 4) is 0 Å². The standard InChI is InChI=1S/C18H20F2N4O4/c1-9(26)21-4-11-5-24(18(27)28-11)10-2-14(19)17(15(20)3-10)23-6-12-13(7-23)16(12)22-8-25/h2-3,8,11-13,16H,4-7H2,1H3,(H,21,26)(H,22,25)/t11-,12-,13+,16?/m0/s1. The van der Waals surface area contributed by atoms with Gasteiger partial charge in [-0.3, -0.25) is 14.5 Å². The van der Waals surface area contributed by atoms with Gasteiger partial charge in [0.15, 0.2) is 11.6 Å². The van der Waals surface area contributed by atoms with E-state index in [0.29, 0.717) is 19.5 Å². The largest absolute Gasteiger partial charge is 0.442 e. The van der Waals surface area contributed by atoms with Crippen molar-refractivity contribution in [2.24, 2.45) is 11.8 Å². The van der Waals surface area contributed by atoms with E-state index in [1.807, 2.05) is 0 Å².